The summed E-state index contributed by atoms with van der Waals surface area (Å²) in [6.07, 6.45) is 2.32. The molecule has 2 aromatic rings. The van der Waals surface area contributed by atoms with Gasteiger partial charge in [-0.05, 0) is 37.0 Å². The number of carbonyl (C=O) groups excluding carboxylic acids is 1. The molecule has 1 heterocycles. The van der Waals surface area contributed by atoms with E-state index in [4.69, 9.17) is 10.9 Å². The fraction of sp³-hybridized carbons (Fsp3) is 0.500. The van der Waals surface area contributed by atoms with Gasteiger partial charge in [0.15, 0.2) is 0 Å². The molecule has 0 aliphatic rings. The zero-order chi connectivity index (χ0) is 25.5. The molecule has 0 radical (unpaired) electrons. The number of anilines is 3. The van der Waals surface area contributed by atoms with E-state index in [9.17, 15) is 22.8 Å². The fourth-order valence-corrected chi connectivity index (χ4v) is 3.94. The Balaban J connectivity index is 2.26. The van der Waals surface area contributed by atoms with Crippen LogP contribution in [0, 0.1) is 5.92 Å². The van der Waals surface area contributed by atoms with Crippen LogP contribution in [0.4, 0.5) is 17.2 Å². The van der Waals surface area contributed by atoms with Gasteiger partial charge in [-0.3, -0.25) is 19.1 Å². The molecule has 0 saturated heterocycles. The van der Waals surface area contributed by atoms with Gasteiger partial charge in [0.25, 0.3) is 5.56 Å². The number of carbonyl (C=O) groups is 1. The smallest absolute Gasteiger partial charge is 0.330 e. The first-order valence-electron chi connectivity index (χ1n) is 11.2. The predicted molar refractivity (Wildman–Crippen MR) is 133 cm³/mol. The van der Waals surface area contributed by atoms with E-state index in [2.05, 4.69) is 10.3 Å². The highest BCUT2D eigenvalue weighted by molar-refractivity contribution is 7.89. The standard InChI is InChI=1S/C22H34N6O5S/c1-4-5-11-28-20(23)19(21(30)26-22(28)31)27(12-9-15(2)3)13-10-18(29)25-16-7-6-8-17(14-16)34(24,32)33/h6-8,14-15H,4-5,9-13,23H2,1-3H3,(H,25,29)(H2,24,32,33)(H,26,30,31). The SMILES string of the molecule is CCCCn1c(N)c(N(CCC(=O)Nc2cccc(S(N)(=O)=O)c2)CCC(C)C)c(=O)[nH]c1=O. The van der Waals surface area contributed by atoms with Crippen molar-refractivity contribution in [3.05, 3.63) is 45.1 Å². The Labute approximate surface area is 199 Å². The number of benzene rings is 1. The van der Waals surface area contributed by atoms with E-state index in [1.54, 1.807) is 11.0 Å². The molecule has 0 spiro atoms. The van der Waals surface area contributed by atoms with Crippen molar-refractivity contribution in [1.29, 1.82) is 0 Å². The second kappa shape index (κ2) is 11.8. The van der Waals surface area contributed by atoms with E-state index in [-0.39, 0.29) is 41.0 Å². The van der Waals surface area contributed by atoms with Crippen LogP contribution in [0.5, 0.6) is 0 Å². The second-order valence-corrected chi connectivity index (χ2v) is 10.1. The number of nitrogens with zero attached hydrogens (tertiary/aromatic N) is 2. The molecule has 12 heteroatoms. The van der Waals surface area contributed by atoms with E-state index in [1.165, 1.54) is 22.8 Å². The van der Waals surface area contributed by atoms with Gasteiger partial charge < -0.3 is 16.0 Å². The minimum atomic E-state index is -3.90. The summed E-state index contributed by atoms with van der Waals surface area (Å²) in [7, 11) is -3.90. The van der Waals surface area contributed by atoms with Crippen molar-refractivity contribution in [3.63, 3.8) is 0 Å². The van der Waals surface area contributed by atoms with Crippen molar-refractivity contribution in [2.45, 2.75) is 57.9 Å². The molecule has 0 aliphatic carbocycles. The first-order valence-corrected chi connectivity index (χ1v) is 12.8. The van der Waals surface area contributed by atoms with Crippen molar-refractivity contribution >= 4 is 33.1 Å². The number of aromatic nitrogens is 2. The average molecular weight is 495 g/mol. The summed E-state index contributed by atoms with van der Waals surface area (Å²) in [6.45, 7) is 7.08. The summed E-state index contributed by atoms with van der Waals surface area (Å²) in [4.78, 5) is 41.5. The summed E-state index contributed by atoms with van der Waals surface area (Å²) in [5.41, 5.74) is 5.55. The predicted octanol–water partition coefficient (Wildman–Crippen LogP) is 1.45. The lowest BCUT2D eigenvalue weighted by Gasteiger charge is -2.27. The van der Waals surface area contributed by atoms with Crippen LogP contribution in [0.1, 0.15) is 46.5 Å². The number of H-pyrrole nitrogens is 1. The van der Waals surface area contributed by atoms with Crippen LogP contribution in [0.2, 0.25) is 0 Å². The molecule has 0 atom stereocenters. The van der Waals surface area contributed by atoms with Gasteiger partial charge in [0.05, 0.1) is 4.90 Å². The number of primary sulfonamides is 1. The van der Waals surface area contributed by atoms with Crippen molar-refractivity contribution < 1.29 is 13.2 Å². The molecule has 0 fully saturated rings. The summed E-state index contributed by atoms with van der Waals surface area (Å²) in [6, 6.07) is 5.64. The Hall–Kier alpha value is -3.12. The van der Waals surface area contributed by atoms with Gasteiger partial charge in [-0.25, -0.2) is 18.4 Å². The third kappa shape index (κ3) is 7.45. The number of hydrogen-bond acceptors (Lipinski definition) is 7. The third-order valence-electron chi connectivity index (χ3n) is 5.30. The number of sulfonamides is 1. The van der Waals surface area contributed by atoms with E-state index in [0.29, 0.717) is 19.0 Å². The molecule has 0 unspecified atom stereocenters. The largest absolute Gasteiger partial charge is 0.383 e. The molecule has 2 rings (SSSR count). The fourth-order valence-electron chi connectivity index (χ4n) is 3.38. The third-order valence-corrected chi connectivity index (χ3v) is 6.21. The molecular weight excluding hydrogens is 460 g/mol. The lowest BCUT2D eigenvalue weighted by atomic mass is 10.1. The summed E-state index contributed by atoms with van der Waals surface area (Å²) in [5.74, 6) is 0.0335. The quantitative estimate of drug-likeness (QED) is 0.345. The molecule has 188 valence electrons. The molecule has 0 bridgehead atoms. The number of nitrogens with one attached hydrogen (secondary N) is 2. The van der Waals surface area contributed by atoms with Crippen LogP contribution in [-0.2, 0) is 21.4 Å². The van der Waals surface area contributed by atoms with Gasteiger partial charge in [-0.2, -0.15) is 0 Å². The minimum absolute atomic E-state index is 0.00463. The van der Waals surface area contributed by atoms with Crippen molar-refractivity contribution in [3.8, 4) is 0 Å². The number of amides is 1. The van der Waals surface area contributed by atoms with Crippen molar-refractivity contribution in [1.82, 2.24) is 9.55 Å². The number of nitrogen functional groups attached to an aromatic ring is 1. The molecule has 34 heavy (non-hydrogen) atoms. The zero-order valence-electron chi connectivity index (χ0n) is 19.8. The Kier molecular flexibility index (Phi) is 9.45. The van der Waals surface area contributed by atoms with Gasteiger partial charge in [0, 0.05) is 31.7 Å². The maximum absolute atomic E-state index is 12.7. The number of aromatic amines is 1. The number of hydrogen-bond donors (Lipinski definition) is 4. The van der Waals surface area contributed by atoms with E-state index >= 15 is 0 Å². The van der Waals surface area contributed by atoms with Gasteiger partial charge >= 0.3 is 5.69 Å². The Morgan fingerprint density at radius 3 is 2.56 bits per heavy atom. The molecule has 1 aromatic heterocycles. The lowest BCUT2D eigenvalue weighted by molar-refractivity contribution is -0.116. The van der Waals surface area contributed by atoms with Gasteiger partial charge in [0.2, 0.25) is 15.9 Å². The molecule has 1 amide bonds. The highest BCUT2D eigenvalue weighted by Gasteiger charge is 2.20. The molecule has 0 saturated carbocycles. The minimum Gasteiger partial charge on any atom is -0.383 e. The van der Waals surface area contributed by atoms with Gasteiger partial charge in [-0.1, -0.05) is 33.3 Å². The van der Waals surface area contributed by atoms with Crippen molar-refractivity contribution in [2.75, 3.05) is 29.0 Å². The van der Waals surface area contributed by atoms with Crippen LogP contribution in [-0.4, -0.2) is 37.0 Å². The number of rotatable bonds is 12. The van der Waals surface area contributed by atoms with Crippen LogP contribution in [0.25, 0.3) is 0 Å². The number of nitrogens with two attached hydrogens (primary N) is 2. The highest BCUT2D eigenvalue weighted by atomic mass is 32.2. The van der Waals surface area contributed by atoms with Crippen LogP contribution < -0.4 is 32.3 Å². The maximum atomic E-state index is 12.7. The molecule has 6 N–H and O–H groups in total. The molecule has 11 nitrogen and oxygen atoms in total. The van der Waals surface area contributed by atoms with E-state index in [0.717, 1.165) is 19.3 Å². The Morgan fingerprint density at radius 2 is 1.94 bits per heavy atom. The summed E-state index contributed by atoms with van der Waals surface area (Å²) in [5, 5.41) is 7.79. The maximum Gasteiger partial charge on any atom is 0.330 e. The average Bonchev–Trinajstić information content (AvgIpc) is 2.74. The normalized spacial score (nSPS) is 11.6. The summed E-state index contributed by atoms with van der Waals surface area (Å²) >= 11 is 0. The van der Waals surface area contributed by atoms with Crippen LogP contribution >= 0.6 is 0 Å². The van der Waals surface area contributed by atoms with Crippen LogP contribution in [0.3, 0.4) is 0 Å². The van der Waals surface area contributed by atoms with Crippen LogP contribution in [0.15, 0.2) is 38.8 Å². The topological polar surface area (TPSA) is 173 Å². The van der Waals surface area contributed by atoms with Gasteiger partial charge in [-0.15, -0.1) is 0 Å². The monoisotopic (exact) mass is 494 g/mol. The Morgan fingerprint density at radius 1 is 1.24 bits per heavy atom. The van der Waals surface area contributed by atoms with E-state index < -0.39 is 21.3 Å². The Bertz CT molecular complexity index is 1220. The molecule has 1 aromatic carbocycles. The van der Waals surface area contributed by atoms with Crippen molar-refractivity contribution in [2.24, 2.45) is 11.1 Å². The van der Waals surface area contributed by atoms with E-state index in [1.807, 2.05) is 20.8 Å². The summed E-state index contributed by atoms with van der Waals surface area (Å²) < 4.78 is 24.4. The first kappa shape index (κ1) is 27.1. The second-order valence-electron chi connectivity index (χ2n) is 8.54. The lowest BCUT2D eigenvalue weighted by Crippen LogP contribution is -2.40. The molecular formula is C22H34N6O5S. The van der Waals surface area contributed by atoms with Gasteiger partial charge in [0.1, 0.15) is 11.5 Å². The number of unbranched alkanes of at least 4 members (excludes halogenated alkanes) is 1. The highest BCUT2D eigenvalue weighted by Crippen LogP contribution is 2.20. The zero-order valence-corrected chi connectivity index (χ0v) is 20.7. The molecule has 0 aliphatic heterocycles. The first-order chi connectivity index (χ1) is 15.9.